The molecule has 1 rings (SSSR count). The molecule has 1 saturated heterocycles. The second-order valence-corrected chi connectivity index (χ2v) is 4.48. The van der Waals surface area contributed by atoms with E-state index in [1.54, 1.807) is 0 Å². The van der Waals surface area contributed by atoms with Gasteiger partial charge in [0.05, 0.1) is 6.61 Å². The van der Waals surface area contributed by atoms with Crippen LogP contribution in [0.5, 0.6) is 0 Å². The molecular weight excluding hydrogens is 218 g/mol. The first kappa shape index (κ1) is 14.5. The molecule has 0 aromatic heterocycles. The van der Waals surface area contributed by atoms with Gasteiger partial charge in [0, 0.05) is 6.61 Å². The van der Waals surface area contributed by atoms with E-state index < -0.39 is 0 Å². The molecule has 0 radical (unpaired) electrons. The first-order valence-corrected chi connectivity index (χ1v) is 6.83. The molecule has 1 N–H and O–H groups in total. The van der Waals surface area contributed by atoms with E-state index in [1.165, 1.54) is 6.42 Å². The standard InChI is InChI=1S/C13H25NO3/c1-2-8-14-9-4-3-5-10-17-13(15)12-7-6-11-16-12/h12,14H,2-11H2,1H3. The van der Waals surface area contributed by atoms with Crippen molar-refractivity contribution in [2.24, 2.45) is 0 Å². The molecule has 17 heavy (non-hydrogen) atoms. The van der Waals surface area contributed by atoms with Crippen LogP contribution >= 0.6 is 0 Å². The van der Waals surface area contributed by atoms with Gasteiger partial charge in [0.15, 0.2) is 6.10 Å². The molecule has 0 saturated carbocycles. The van der Waals surface area contributed by atoms with Gasteiger partial charge in [-0.15, -0.1) is 0 Å². The van der Waals surface area contributed by atoms with Crippen molar-refractivity contribution in [1.82, 2.24) is 5.32 Å². The van der Waals surface area contributed by atoms with Gasteiger partial charge in [-0.3, -0.25) is 0 Å². The molecule has 0 bridgehead atoms. The molecule has 100 valence electrons. The normalized spacial score (nSPS) is 19.5. The van der Waals surface area contributed by atoms with E-state index in [-0.39, 0.29) is 12.1 Å². The summed E-state index contributed by atoms with van der Waals surface area (Å²) in [6.07, 6.45) is 5.89. The van der Waals surface area contributed by atoms with Gasteiger partial charge >= 0.3 is 5.97 Å². The SMILES string of the molecule is CCCNCCCCCOC(=O)C1CCCO1. The smallest absolute Gasteiger partial charge is 0.335 e. The Labute approximate surface area is 104 Å². The summed E-state index contributed by atoms with van der Waals surface area (Å²) in [6, 6.07) is 0. The zero-order chi connectivity index (χ0) is 12.3. The van der Waals surface area contributed by atoms with Crippen LogP contribution < -0.4 is 5.32 Å². The number of hydrogen-bond donors (Lipinski definition) is 1. The number of carbonyl (C=O) groups is 1. The Balaban J connectivity index is 1.85. The van der Waals surface area contributed by atoms with E-state index in [2.05, 4.69) is 12.2 Å². The third kappa shape index (κ3) is 6.64. The molecule has 0 aromatic rings. The molecule has 1 fully saturated rings. The van der Waals surface area contributed by atoms with Crippen LogP contribution in [0.1, 0.15) is 45.4 Å². The summed E-state index contributed by atoms with van der Waals surface area (Å²) in [5.74, 6) is -0.174. The average Bonchev–Trinajstić information content (AvgIpc) is 2.86. The molecule has 0 aromatic carbocycles. The molecule has 1 aliphatic rings. The van der Waals surface area contributed by atoms with E-state index in [0.29, 0.717) is 13.2 Å². The Morgan fingerprint density at radius 1 is 1.35 bits per heavy atom. The zero-order valence-corrected chi connectivity index (χ0v) is 10.9. The Bertz CT molecular complexity index is 203. The van der Waals surface area contributed by atoms with Gasteiger partial charge in [-0.05, 0) is 51.6 Å². The van der Waals surface area contributed by atoms with Gasteiger partial charge in [-0.25, -0.2) is 4.79 Å². The topological polar surface area (TPSA) is 47.6 Å². The number of hydrogen-bond acceptors (Lipinski definition) is 4. The highest BCUT2D eigenvalue weighted by atomic mass is 16.6. The van der Waals surface area contributed by atoms with E-state index >= 15 is 0 Å². The Morgan fingerprint density at radius 2 is 2.24 bits per heavy atom. The fraction of sp³-hybridized carbons (Fsp3) is 0.923. The maximum Gasteiger partial charge on any atom is 0.335 e. The van der Waals surface area contributed by atoms with Crippen molar-refractivity contribution in [1.29, 1.82) is 0 Å². The Hall–Kier alpha value is -0.610. The summed E-state index contributed by atoms with van der Waals surface area (Å²) in [5, 5.41) is 3.35. The minimum Gasteiger partial charge on any atom is -0.464 e. The first-order chi connectivity index (χ1) is 8.34. The van der Waals surface area contributed by atoms with Crippen LogP contribution in [0, 0.1) is 0 Å². The molecule has 0 amide bonds. The third-order valence-electron chi connectivity index (χ3n) is 2.86. The molecule has 4 heteroatoms. The van der Waals surface area contributed by atoms with Crippen LogP contribution in [-0.2, 0) is 14.3 Å². The molecule has 1 aliphatic heterocycles. The number of esters is 1. The van der Waals surface area contributed by atoms with Crippen LogP contribution in [0.25, 0.3) is 0 Å². The predicted molar refractivity (Wildman–Crippen MR) is 66.9 cm³/mol. The monoisotopic (exact) mass is 243 g/mol. The van der Waals surface area contributed by atoms with Crippen molar-refractivity contribution >= 4 is 5.97 Å². The van der Waals surface area contributed by atoms with Gasteiger partial charge in [-0.1, -0.05) is 6.92 Å². The second kappa shape index (κ2) is 9.42. The van der Waals surface area contributed by atoms with Crippen molar-refractivity contribution < 1.29 is 14.3 Å². The van der Waals surface area contributed by atoms with Gasteiger partial charge < -0.3 is 14.8 Å². The Morgan fingerprint density at radius 3 is 2.94 bits per heavy atom. The average molecular weight is 243 g/mol. The molecule has 1 atom stereocenters. The summed E-state index contributed by atoms with van der Waals surface area (Å²) in [6.45, 7) is 5.55. The lowest BCUT2D eigenvalue weighted by molar-refractivity contribution is -0.154. The quantitative estimate of drug-likeness (QED) is 0.496. The van der Waals surface area contributed by atoms with E-state index in [1.807, 2.05) is 0 Å². The molecular formula is C13H25NO3. The van der Waals surface area contributed by atoms with E-state index in [0.717, 1.165) is 45.2 Å². The van der Waals surface area contributed by atoms with Crippen LogP contribution in [0.3, 0.4) is 0 Å². The van der Waals surface area contributed by atoms with Crippen molar-refractivity contribution in [3.8, 4) is 0 Å². The number of unbranched alkanes of at least 4 members (excludes halogenated alkanes) is 2. The zero-order valence-electron chi connectivity index (χ0n) is 10.9. The fourth-order valence-electron chi connectivity index (χ4n) is 1.86. The lowest BCUT2D eigenvalue weighted by Crippen LogP contribution is -2.22. The third-order valence-corrected chi connectivity index (χ3v) is 2.86. The molecule has 0 aliphatic carbocycles. The maximum atomic E-state index is 11.5. The van der Waals surface area contributed by atoms with E-state index in [9.17, 15) is 4.79 Å². The fourth-order valence-corrected chi connectivity index (χ4v) is 1.86. The minimum atomic E-state index is -0.291. The molecule has 0 spiro atoms. The summed E-state index contributed by atoms with van der Waals surface area (Å²) in [4.78, 5) is 11.5. The van der Waals surface area contributed by atoms with Crippen molar-refractivity contribution in [3.63, 3.8) is 0 Å². The number of carbonyl (C=O) groups excluding carboxylic acids is 1. The second-order valence-electron chi connectivity index (χ2n) is 4.48. The van der Waals surface area contributed by atoms with Crippen molar-refractivity contribution in [3.05, 3.63) is 0 Å². The van der Waals surface area contributed by atoms with Gasteiger partial charge in [0.25, 0.3) is 0 Å². The number of rotatable bonds is 9. The van der Waals surface area contributed by atoms with E-state index in [4.69, 9.17) is 9.47 Å². The van der Waals surface area contributed by atoms with Gasteiger partial charge in [-0.2, -0.15) is 0 Å². The van der Waals surface area contributed by atoms with Crippen molar-refractivity contribution in [2.45, 2.75) is 51.6 Å². The lowest BCUT2D eigenvalue weighted by atomic mass is 10.2. The highest BCUT2D eigenvalue weighted by Crippen LogP contribution is 2.13. The van der Waals surface area contributed by atoms with Crippen LogP contribution in [-0.4, -0.2) is 38.4 Å². The molecule has 4 nitrogen and oxygen atoms in total. The summed E-state index contributed by atoms with van der Waals surface area (Å²) < 4.78 is 10.4. The number of ether oxygens (including phenoxy) is 2. The van der Waals surface area contributed by atoms with Crippen LogP contribution in [0.2, 0.25) is 0 Å². The summed E-state index contributed by atoms with van der Waals surface area (Å²) in [7, 11) is 0. The molecule has 1 unspecified atom stereocenters. The predicted octanol–water partition coefficient (Wildman–Crippen LogP) is 1.88. The first-order valence-electron chi connectivity index (χ1n) is 6.83. The van der Waals surface area contributed by atoms with Gasteiger partial charge in [0.1, 0.15) is 0 Å². The molecule has 1 heterocycles. The summed E-state index contributed by atoms with van der Waals surface area (Å²) >= 11 is 0. The van der Waals surface area contributed by atoms with Gasteiger partial charge in [0.2, 0.25) is 0 Å². The Kier molecular flexibility index (Phi) is 8.01. The highest BCUT2D eigenvalue weighted by Gasteiger charge is 2.24. The minimum absolute atomic E-state index is 0.174. The number of nitrogens with one attached hydrogen (secondary N) is 1. The highest BCUT2D eigenvalue weighted by molar-refractivity contribution is 5.74. The summed E-state index contributed by atoms with van der Waals surface area (Å²) in [5.41, 5.74) is 0. The van der Waals surface area contributed by atoms with Crippen LogP contribution in [0.4, 0.5) is 0 Å². The van der Waals surface area contributed by atoms with Crippen LogP contribution in [0.15, 0.2) is 0 Å². The maximum absolute atomic E-state index is 11.5. The van der Waals surface area contributed by atoms with Crippen molar-refractivity contribution in [2.75, 3.05) is 26.3 Å². The largest absolute Gasteiger partial charge is 0.464 e. The lowest BCUT2D eigenvalue weighted by Gasteiger charge is -2.09.